The second kappa shape index (κ2) is 7.01. The molecule has 1 N–H and O–H groups in total. The molecule has 0 saturated heterocycles. The van der Waals surface area contributed by atoms with Crippen LogP contribution in [0.5, 0.6) is 11.5 Å². The molecule has 1 aromatic rings. The number of nitrogens with one attached hydrogen (secondary N) is 1. The van der Waals surface area contributed by atoms with Crippen LogP contribution in [0.15, 0.2) is 18.2 Å². The van der Waals surface area contributed by atoms with E-state index in [0.29, 0.717) is 25.7 Å². The Balaban J connectivity index is 1.86. The second-order valence-corrected chi connectivity index (χ2v) is 4.58. The fraction of sp³-hybridized carbons (Fsp3) is 0.533. The number of fused-ring (bicyclic) bond motifs is 1. The highest BCUT2D eigenvalue weighted by molar-refractivity contribution is 5.45. The lowest BCUT2D eigenvalue weighted by Gasteiger charge is -2.10. The fourth-order valence-electron chi connectivity index (χ4n) is 2.19. The van der Waals surface area contributed by atoms with Crippen LogP contribution in [0.3, 0.4) is 0 Å². The molecule has 1 aliphatic rings. The molecule has 0 radical (unpaired) electrons. The van der Waals surface area contributed by atoms with Gasteiger partial charge in [0.05, 0.1) is 18.7 Å². The van der Waals surface area contributed by atoms with E-state index in [1.807, 2.05) is 12.1 Å². The van der Waals surface area contributed by atoms with Crippen LogP contribution in [0.2, 0.25) is 0 Å². The molecule has 1 aliphatic heterocycles. The van der Waals surface area contributed by atoms with Crippen LogP contribution in [0.25, 0.3) is 0 Å². The summed E-state index contributed by atoms with van der Waals surface area (Å²) in [6, 6.07) is 8.44. The maximum Gasteiger partial charge on any atom is 0.127 e. The lowest BCUT2D eigenvalue weighted by Crippen LogP contribution is -2.21. The zero-order valence-corrected chi connectivity index (χ0v) is 11.3. The first-order valence-electron chi connectivity index (χ1n) is 6.85. The number of hydrogen-bond acceptors (Lipinski definition) is 4. The number of ether oxygens (including phenoxy) is 2. The molecule has 19 heavy (non-hydrogen) atoms. The van der Waals surface area contributed by atoms with Crippen molar-refractivity contribution in [1.29, 1.82) is 5.26 Å². The minimum absolute atomic E-state index is 0.296. The van der Waals surface area contributed by atoms with E-state index in [2.05, 4.69) is 24.4 Å². The summed E-state index contributed by atoms with van der Waals surface area (Å²) >= 11 is 0. The van der Waals surface area contributed by atoms with Crippen molar-refractivity contribution in [3.8, 4) is 17.6 Å². The monoisotopic (exact) mass is 260 g/mol. The number of likely N-dealkylation sites (N-methyl/N-ethyl adjacent to an activating group) is 1. The van der Waals surface area contributed by atoms with Crippen LogP contribution in [-0.4, -0.2) is 19.8 Å². The summed E-state index contributed by atoms with van der Waals surface area (Å²) in [5, 5.41) is 11.8. The van der Waals surface area contributed by atoms with Gasteiger partial charge < -0.3 is 14.8 Å². The van der Waals surface area contributed by atoms with Crippen molar-refractivity contribution in [2.45, 2.75) is 32.2 Å². The molecule has 4 heteroatoms. The zero-order valence-electron chi connectivity index (χ0n) is 11.3. The van der Waals surface area contributed by atoms with E-state index in [0.717, 1.165) is 30.9 Å². The number of nitriles is 1. The Bertz CT molecular complexity index is 454. The molecule has 1 unspecified atom stereocenters. The van der Waals surface area contributed by atoms with E-state index in [4.69, 9.17) is 14.7 Å². The molecule has 0 aromatic heterocycles. The molecule has 0 bridgehead atoms. The van der Waals surface area contributed by atoms with Crippen molar-refractivity contribution in [1.82, 2.24) is 5.32 Å². The SMILES string of the molecule is CCNC1COc2cc(OCCCCC#N)ccc21. The predicted molar refractivity (Wildman–Crippen MR) is 73.3 cm³/mol. The van der Waals surface area contributed by atoms with Crippen LogP contribution < -0.4 is 14.8 Å². The van der Waals surface area contributed by atoms with Crippen LogP contribution >= 0.6 is 0 Å². The highest BCUT2D eigenvalue weighted by atomic mass is 16.5. The summed E-state index contributed by atoms with van der Waals surface area (Å²) in [5.74, 6) is 1.76. The van der Waals surface area contributed by atoms with Crippen molar-refractivity contribution < 1.29 is 9.47 Å². The highest BCUT2D eigenvalue weighted by Gasteiger charge is 2.23. The van der Waals surface area contributed by atoms with Gasteiger partial charge in [0.1, 0.15) is 18.1 Å². The molecule has 1 heterocycles. The standard InChI is InChI=1S/C15H20N2O2/c1-2-17-14-11-19-15-10-12(6-7-13(14)15)18-9-5-3-4-8-16/h6-7,10,14,17H,2-5,9,11H2,1H3. The van der Waals surface area contributed by atoms with Crippen molar-refractivity contribution in [3.05, 3.63) is 23.8 Å². The van der Waals surface area contributed by atoms with Gasteiger partial charge in [0.25, 0.3) is 0 Å². The summed E-state index contributed by atoms with van der Waals surface area (Å²) in [6.07, 6.45) is 2.40. The van der Waals surface area contributed by atoms with E-state index in [1.165, 1.54) is 5.56 Å². The molecule has 0 fully saturated rings. The van der Waals surface area contributed by atoms with Gasteiger partial charge in [-0.05, 0) is 31.5 Å². The lowest BCUT2D eigenvalue weighted by atomic mass is 10.1. The smallest absolute Gasteiger partial charge is 0.127 e. The quantitative estimate of drug-likeness (QED) is 0.766. The largest absolute Gasteiger partial charge is 0.493 e. The van der Waals surface area contributed by atoms with Crippen LogP contribution in [0, 0.1) is 11.3 Å². The first kappa shape index (κ1) is 13.7. The maximum atomic E-state index is 8.44. The molecule has 0 saturated carbocycles. The van der Waals surface area contributed by atoms with Gasteiger partial charge in [-0.2, -0.15) is 5.26 Å². The van der Waals surface area contributed by atoms with Crippen molar-refractivity contribution in [3.63, 3.8) is 0 Å². The first-order valence-corrected chi connectivity index (χ1v) is 6.85. The van der Waals surface area contributed by atoms with E-state index >= 15 is 0 Å². The number of hydrogen-bond donors (Lipinski definition) is 1. The number of benzene rings is 1. The number of nitrogens with zero attached hydrogens (tertiary/aromatic N) is 1. The average molecular weight is 260 g/mol. The normalized spacial score (nSPS) is 16.5. The molecule has 0 aliphatic carbocycles. The Hall–Kier alpha value is -1.73. The summed E-state index contributed by atoms with van der Waals surface area (Å²) in [6.45, 7) is 4.37. The minimum Gasteiger partial charge on any atom is -0.493 e. The molecule has 1 atom stereocenters. The summed E-state index contributed by atoms with van der Waals surface area (Å²) in [5.41, 5.74) is 1.21. The third-order valence-electron chi connectivity index (χ3n) is 3.17. The van der Waals surface area contributed by atoms with E-state index in [9.17, 15) is 0 Å². The Morgan fingerprint density at radius 1 is 1.47 bits per heavy atom. The molecule has 1 aromatic carbocycles. The van der Waals surface area contributed by atoms with Crippen molar-refractivity contribution in [2.24, 2.45) is 0 Å². The third-order valence-corrected chi connectivity index (χ3v) is 3.17. The number of unbranched alkanes of at least 4 members (excludes halogenated alkanes) is 2. The predicted octanol–water partition coefficient (Wildman–Crippen LogP) is 2.80. The van der Waals surface area contributed by atoms with Gasteiger partial charge >= 0.3 is 0 Å². The molecule has 0 amide bonds. The minimum atomic E-state index is 0.296. The third kappa shape index (κ3) is 3.62. The summed E-state index contributed by atoms with van der Waals surface area (Å²) in [4.78, 5) is 0. The van der Waals surface area contributed by atoms with Gasteiger partial charge in [-0.25, -0.2) is 0 Å². The lowest BCUT2D eigenvalue weighted by molar-refractivity contribution is 0.299. The van der Waals surface area contributed by atoms with E-state index in [1.54, 1.807) is 0 Å². The van der Waals surface area contributed by atoms with Crippen LogP contribution in [0.4, 0.5) is 0 Å². The van der Waals surface area contributed by atoms with Gasteiger partial charge in [0.15, 0.2) is 0 Å². The molecular formula is C15H20N2O2. The second-order valence-electron chi connectivity index (χ2n) is 4.58. The van der Waals surface area contributed by atoms with Gasteiger partial charge in [0.2, 0.25) is 0 Å². The Labute approximate surface area is 114 Å². The molecule has 0 spiro atoms. The van der Waals surface area contributed by atoms with Crippen LogP contribution in [-0.2, 0) is 0 Å². The van der Waals surface area contributed by atoms with Crippen molar-refractivity contribution >= 4 is 0 Å². The Morgan fingerprint density at radius 2 is 2.37 bits per heavy atom. The maximum absolute atomic E-state index is 8.44. The Morgan fingerprint density at radius 3 is 3.16 bits per heavy atom. The molecule has 2 rings (SSSR count). The van der Waals surface area contributed by atoms with Crippen molar-refractivity contribution in [2.75, 3.05) is 19.8 Å². The zero-order chi connectivity index (χ0) is 13.5. The van der Waals surface area contributed by atoms with E-state index < -0.39 is 0 Å². The summed E-state index contributed by atoms with van der Waals surface area (Å²) in [7, 11) is 0. The molecule has 102 valence electrons. The first-order chi connectivity index (χ1) is 9.35. The van der Waals surface area contributed by atoms with Gasteiger partial charge in [-0.15, -0.1) is 0 Å². The van der Waals surface area contributed by atoms with Gasteiger partial charge in [0, 0.05) is 18.1 Å². The molecular weight excluding hydrogens is 240 g/mol. The van der Waals surface area contributed by atoms with E-state index in [-0.39, 0.29) is 0 Å². The molecule has 4 nitrogen and oxygen atoms in total. The summed E-state index contributed by atoms with van der Waals surface area (Å²) < 4.78 is 11.3. The fourth-order valence-corrected chi connectivity index (χ4v) is 2.19. The topological polar surface area (TPSA) is 54.3 Å². The van der Waals surface area contributed by atoms with Crippen LogP contribution in [0.1, 0.15) is 37.8 Å². The number of rotatable bonds is 7. The Kier molecular flexibility index (Phi) is 5.05. The highest BCUT2D eigenvalue weighted by Crippen LogP contribution is 2.35. The average Bonchev–Trinajstić information content (AvgIpc) is 2.82. The van der Waals surface area contributed by atoms with Gasteiger partial charge in [-0.3, -0.25) is 0 Å². The van der Waals surface area contributed by atoms with Gasteiger partial charge in [-0.1, -0.05) is 6.92 Å².